The molecule has 0 radical (unpaired) electrons. The van der Waals surface area contributed by atoms with Crippen molar-refractivity contribution in [3.8, 4) is 17.2 Å². The molecule has 2 aromatic rings. The number of hydrogen-bond acceptors (Lipinski definition) is 4. The Morgan fingerprint density at radius 2 is 1.79 bits per heavy atom. The Balaban J connectivity index is 1.89. The number of hydrogen-bond donors (Lipinski definition) is 2. The van der Waals surface area contributed by atoms with Crippen molar-refractivity contribution in [2.24, 2.45) is 0 Å². The maximum absolute atomic E-state index is 5.43. The summed E-state index contributed by atoms with van der Waals surface area (Å²) in [6.45, 7) is 0.680. The van der Waals surface area contributed by atoms with Crippen molar-refractivity contribution >= 4 is 23.0 Å². The van der Waals surface area contributed by atoms with Gasteiger partial charge in [0.05, 0.1) is 21.3 Å². The monoisotopic (exact) mass is 346 g/mol. The summed E-state index contributed by atoms with van der Waals surface area (Å²) in [7, 11) is 4.91. The van der Waals surface area contributed by atoms with E-state index in [0.717, 1.165) is 34.9 Å². The Labute approximate surface area is 147 Å². The molecule has 2 rings (SSSR count). The summed E-state index contributed by atoms with van der Waals surface area (Å²) in [6, 6.07) is 13.5. The van der Waals surface area contributed by atoms with Gasteiger partial charge in [-0.2, -0.15) is 0 Å². The normalized spacial score (nSPS) is 9.96. The molecule has 0 heterocycles. The standard InChI is InChI=1S/C18H22N2O3S/c1-21-15-8-5-7-14(12-15)20-18(24)19-11-10-13-6-4-9-16(22-2)17(13)23-3/h4-9,12H,10-11H2,1-3H3,(H2,19,20,24). The molecule has 0 aromatic heterocycles. The zero-order valence-electron chi connectivity index (χ0n) is 14.1. The van der Waals surface area contributed by atoms with Gasteiger partial charge in [-0.1, -0.05) is 18.2 Å². The molecule has 2 N–H and O–H groups in total. The summed E-state index contributed by atoms with van der Waals surface area (Å²) < 4.78 is 15.9. The Hall–Kier alpha value is -2.47. The zero-order valence-corrected chi connectivity index (χ0v) is 14.9. The fourth-order valence-corrected chi connectivity index (χ4v) is 2.56. The second-order valence-electron chi connectivity index (χ2n) is 5.02. The maximum atomic E-state index is 5.43. The number of rotatable bonds is 7. The second kappa shape index (κ2) is 8.98. The van der Waals surface area contributed by atoms with Crippen molar-refractivity contribution < 1.29 is 14.2 Å². The maximum Gasteiger partial charge on any atom is 0.170 e. The summed E-state index contributed by atoms with van der Waals surface area (Å²) in [4.78, 5) is 0. The van der Waals surface area contributed by atoms with E-state index in [9.17, 15) is 0 Å². The number of para-hydroxylation sites is 1. The first-order valence-electron chi connectivity index (χ1n) is 7.56. The van der Waals surface area contributed by atoms with Gasteiger partial charge in [0.2, 0.25) is 0 Å². The molecule has 0 fully saturated rings. The van der Waals surface area contributed by atoms with Gasteiger partial charge in [0.1, 0.15) is 5.75 Å². The molecule has 0 aliphatic rings. The van der Waals surface area contributed by atoms with Crippen molar-refractivity contribution in [2.45, 2.75) is 6.42 Å². The summed E-state index contributed by atoms with van der Waals surface area (Å²) in [5.74, 6) is 2.27. The molecule has 0 bridgehead atoms. The van der Waals surface area contributed by atoms with Crippen LogP contribution in [0.25, 0.3) is 0 Å². The molecule has 5 nitrogen and oxygen atoms in total. The number of thiocarbonyl (C=S) groups is 1. The Morgan fingerprint density at radius 1 is 1.00 bits per heavy atom. The third-order valence-corrected chi connectivity index (χ3v) is 3.74. The minimum atomic E-state index is 0.560. The molecule has 2 aromatic carbocycles. The van der Waals surface area contributed by atoms with E-state index in [1.165, 1.54) is 0 Å². The van der Waals surface area contributed by atoms with Crippen molar-refractivity contribution in [1.29, 1.82) is 0 Å². The number of benzene rings is 2. The van der Waals surface area contributed by atoms with Gasteiger partial charge < -0.3 is 24.8 Å². The van der Waals surface area contributed by atoms with E-state index in [2.05, 4.69) is 10.6 Å². The lowest BCUT2D eigenvalue weighted by molar-refractivity contribution is 0.351. The molecule has 24 heavy (non-hydrogen) atoms. The van der Waals surface area contributed by atoms with E-state index < -0.39 is 0 Å². The van der Waals surface area contributed by atoms with Crippen LogP contribution in [0.2, 0.25) is 0 Å². The largest absolute Gasteiger partial charge is 0.497 e. The zero-order chi connectivity index (χ0) is 17.4. The minimum absolute atomic E-state index is 0.560. The van der Waals surface area contributed by atoms with E-state index in [1.807, 2.05) is 42.5 Å². The van der Waals surface area contributed by atoms with Crippen LogP contribution in [-0.4, -0.2) is 33.0 Å². The van der Waals surface area contributed by atoms with Gasteiger partial charge in [0.25, 0.3) is 0 Å². The SMILES string of the molecule is COc1cccc(NC(=S)NCCc2cccc(OC)c2OC)c1. The number of ether oxygens (including phenoxy) is 3. The second-order valence-corrected chi connectivity index (χ2v) is 5.42. The molecule has 0 aliphatic heterocycles. The third kappa shape index (κ3) is 4.76. The smallest absolute Gasteiger partial charge is 0.170 e. The average molecular weight is 346 g/mol. The van der Waals surface area contributed by atoms with Gasteiger partial charge in [-0.3, -0.25) is 0 Å². The van der Waals surface area contributed by atoms with Crippen molar-refractivity contribution in [3.05, 3.63) is 48.0 Å². The lowest BCUT2D eigenvalue weighted by atomic mass is 10.1. The molecular weight excluding hydrogens is 324 g/mol. The molecule has 0 atom stereocenters. The predicted octanol–water partition coefficient (Wildman–Crippen LogP) is 3.24. The van der Waals surface area contributed by atoms with E-state index >= 15 is 0 Å². The highest BCUT2D eigenvalue weighted by Gasteiger charge is 2.09. The van der Waals surface area contributed by atoms with Gasteiger partial charge in [0, 0.05) is 18.3 Å². The number of nitrogens with one attached hydrogen (secondary N) is 2. The van der Waals surface area contributed by atoms with Gasteiger partial charge in [-0.05, 0) is 42.4 Å². The Kier molecular flexibility index (Phi) is 6.69. The first-order chi connectivity index (χ1) is 11.7. The van der Waals surface area contributed by atoms with Crippen molar-refractivity contribution in [3.63, 3.8) is 0 Å². The van der Waals surface area contributed by atoms with Gasteiger partial charge in [-0.25, -0.2) is 0 Å². The molecule has 0 aliphatic carbocycles. The van der Waals surface area contributed by atoms with E-state index in [1.54, 1.807) is 21.3 Å². The van der Waals surface area contributed by atoms with Crippen LogP contribution >= 0.6 is 12.2 Å². The highest BCUT2D eigenvalue weighted by Crippen LogP contribution is 2.30. The lowest BCUT2D eigenvalue weighted by Crippen LogP contribution is -2.30. The summed E-state index contributed by atoms with van der Waals surface area (Å²) in [5.41, 5.74) is 1.94. The fraction of sp³-hybridized carbons (Fsp3) is 0.278. The molecule has 0 amide bonds. The van der Waals surface area contributed by atoms with Crippen molar-refractivity contribution in [1.82, 2.24) is 5.32 Å². The predicted molar refractivity (Wildman–Crippen MR) is 100 cm³/mol. The Bertz CT molecular complexity index is 692. The minimum Gasteiger partial charge on any atom is -0.497 e. The van der Waals surface area contributed by atoms with Gasteiger partial charge >= 0.3 is 0 Å². The van der Waals surface area contributed by atoms with E-state index in [4.69, 9.17) is 26.4 Å². The lowest BCUT2D eigenvalue weighted by Gasteiger charge is -2.14. The summed E-state index contributed by atoms with van der Waals surface area (Å²) in [5, 5.41) is 6.89. The van der Waals surface area contributed by atoms with Crippen LogP contribution in [0.4, 0.5) is 5.69 Å². The van der Waals surface area contributed by atoms with E-state index in [-0.39, 0.29) is 0 Å². The third-order valence-electron chi connectivity index (χ3n) is 3.49. The van der Waals surface area contributed by atoms with E-state index in [0.29, 0.717) is 11.7 Å². The molecule has 0 spiro atoms. The van der Waals surface area contributed by atoms with Crippen LogP contribution in [0.1, 0.15) is 5.56 Å². The van der Waals surface area contributed by atoms with Crippen LogP contribution in [0.3, 0.4) is 0 Å². The first-order valence-corrected chi connectivity index (χ1v) is 7.97. The summed E-state index contributed by atoms with van der Waals surface area (Å²) in [6.07, 6.45) is 0.764. The van der Waals surface area contributed by atoms with Gasteiger partial charge in [0.15, 0.2) is 16.6 Å². The first kappa shape index (κ1) is 17.9. The summed E-state index contributed by atoms with van der Waals surface area (Å²) >= 11 is 5.32. The topological polar surface area (TPSA) is 51.8 Å². The van der Waals surface area contributed by atoms with Gasteiger partial charge in [-0.15, -0.1) is 0 Å². The molecule has 6 heteroatoms. The van der Waals surface area contributed by atoms with Crippen LogP contribution in [-0.2, 0) is 6.42 Å². The Morgan fingerprint density at radius 3 is 2.50 bits per heavy atom. The molecule has 0 saturated carbocycles. The molecule has 0 saturated heterocycles. The highest BCUT2D eigenvalue weighted by atomic mass is 32.1. The highest BCUT2D eigenvalue weighted by molar-refractivity contribution is 7.80. The molecular formula is C18H22N2O3S. The number of methoxy groups -OCH3 is 3. The molecule has 0 unspecified atom stereocenters. The van der Waals surface area contributed by atoms with Crippen LogP contribution in [0, 0.1) is 0 Å². The fourth-order valence-electron chi connectivity index (χ4n) is 2.34. The van der Waals surface area contributed by atoms with Crippen LogP contribution in [0.15, 0.2) is 42.5 Å². The number of anilines is 1. The van der Waals surface area contributed by atoms with Crippen LogP contribution < -0.4 is 24.8 Å². The quantitative estimate of drug-likeness (QED) is 0.751. The van der Waals surface area contributed by atoms with Crippen LogP contribution in [0.5, 0.6) is 17.2 Å². The van der Waals surface area contributed by atoms with Crippen molar-refractivity contribution in [2.75, 3.05) is 33.2 Å². The molecule has 128 valence electrons. The average Bonchev–Trinajstić information content (AvgIpc) is 2.61.